The molecule has 2 aliphatic rings. The van der Waals surface area contributed by atoms with Gasteiger partial charge in [0.1, 0.15) is 17.6 Å². The third kappa shape index (κ3) is 5.90. The van der Waals surface area contributed by atoms with E-state index in [4.69, 9.17) is 10.5 Å². The Hall–Kier alpha value is -4.08. The van der Waals surface area contributed by atoms with Gasteiger partial charge in [0.25, 0.3) is 16.4 Å². The van der Waals surface area contributed by atoms with Crippen LogP contribution in [0.25, 0.3) is 11.2 Å². The average Bonchev–Trinajstić information content (AvgIpc) is 3.59. The average molecular weight is 555 g/mol. The first kappa shape index (κ1) is 27.5. The van der Waals surface area contributed by atoms with Crippen LogP contribution in [0.4, 0.5) is 17.3 Å². The summed E-state index contributed by atoms with van der Waals surface area (Å²) in [5.41, 5.74) is 5.23. The van der Waals surface area contributed by atoms with E-state index in [9.17, 15) is 19.2 Å². The van der Waals surface area contributed by atoms with Crippen molar-refractivity contribution in [2.24, 2.45) is 0 Å². The molecule has 1 amide bonds. The van der Waals surface area contributed by atoms with E-state index in [1.165, 1.54) is 6.33 Å². The minimum atomic E-state index is -0.556. The van der Waals surface area contributed by atoms with Gasteiger partial charge in [0.2, 0.25) is 11.9 Å². The highest BCUT2D eigenvalue weighted by Crippen LogP contribution is 2.30. The first-order valence-electron chi connectivity index (χ1n) is 13.4. The molecule has 2 saturated heterocycles. The minimum Gasteiger partial charge on any atom is -0.379 e. The molecule has 4 heterocycles. The summed E-state index contributed by atoms with van der Waals surface area (Å²) in [6.45, 7) is 5.04. The zero-order chi connectivity index (χ0) is 28.2. The van der Waals surface area contributed by atoms with E-state index in [-0.39, 0.29) is 41.1 Å². The lowest BCUT2D eigenvalue weighted by Gasteiger charge is -2.26. The lowest BCUT2D eigenvalue weighted by atomic mass is 10.1. The Bertz CT molecular complexity index is 1510. The fraction of sp³-hybridized carbons (Fsp3) is 0.520. The van der Waals surface area contributed by atoms with E-state index in [2.05, 4.69) is 30.9 Å². The van der Waals surface area contributed by atoms with Gasteiger partial charge in [0, 0.05) is 58.4 Å². The van der Waals surface area contributed by atoms with Crippen LogP contribution in [0.2, 0.25) is 0 Å². The number of nitrogens with two attached hydrogens (primary N) is 1. The van der Waals surface area contributed by atoms with Crippen molar-refractivity contribution in [2.75, 3.05) is 75.8 Å². The molecule has 0 spiro atoms. The first-order valence-corrected chi connectivity index (χ1v) is 13.4. The maximum absolute atomic E-state index is 12.2. The van der Waals surface area contributed by atoms with Gasteiger partial charge in [-0.05, 0) is 19.9 Å². The summed E-state index contributed by atoms with van der Waals surface area (Å²) < 4.78 is 7.78. The van der Waals surface area contributed by atoms with Crippen LogP contribution >= 0.6 is 0 Å². The second-order valence-electron chi connectivity index (χ2n) is 10.0. The van der Waals surface area contributed by atoms with Crippen molar-refractivity contribution in [3.05, 3.63) is 49.3 Å². The topological polar surface area (TPSA) is 193 Å². The normalized spacial score (nSPS) is 19.8. The molecule has 0 radical (unpaired) electrons. The largest absolute Gasteiger partial charge is 0.379 e. The van der Waals surface area contributed by atoms with Crippen LogP contribution in [0.1, 0.15) is 19.1 Å². The number of aromatic nitrogens is 4. The molecule has 40 heavy (non-hydrogen) atoms. The van der Waals surface area contributed by atoms with E-state index in [0.717, 1.165) is 13.1 Å². The zero-order valence-corrected chi connectivity index (χ0v) is 22.3. The van der Waals surface area contributed by atoms with E-state index >= 15 is 0 Å². The number of nitrogens with zero attached hydrogens (tertiary/aromatic N) is 5. The van der Waals surface area contributed by atoms with Crippen LogP contribution in [-0.4, -0.2) is 101 Å². The number of fused-ring (bicyclic) bond motifs is 1. The number of nitrogen functional groups attached to an aromatic ring is 1. The van der Waals surface area contributed by atoms with Crippen LogP contribution < -0.4 is 38.1 Å². The number of carbonyl (C=O) groups is 1. The summed E-state index contributed by atoms with van der Waals surface area (Å²) in [6, 6.07) is 0. The van der Waals surface area contributed by atoms with E-state index in [0.29, 0.717) is 57.8 Å². The minimum absolute atomic E-state index is 0.000767. The molecular weight excluding hydrogens is 520 g/mol. The van der Waals surface area contributed by atoms with Crippen molar-refractivity contribution >= 4 is 34.4 Å². The number of hydrogen-bond donors (Lipinski definition) is 5. The molecule has 6 N–H and O–H groups in total. The van der Waals surface area contributed by atoms with Crippen molar-refractivity contribution in [3.8, 4) is 0 Å². The van der Waals surface area contributed by atoms with E-state index in [1.807, 2.05) is 22.9 Å². The number of amides is 1. The van der Waals surface area contributed by atoms with Crippen LogP contribution in [0.3, 0.4) is 0 Å². The third-order valence-electron chi connectivity index (χ3n) is 7.16. The number of anilines is 3. The number of carbonyl (C=O) groups excluding carboxylic acids is 1. The highest BCUT2D eigenvalue weighted by atomic mass is 16.5. The van der Waals surface area contributed by atoms with E-state index < -0.39 is 16.4 Å². The number of nitrogens with one attached hydrogen (secondary N) is 4. The number of hydrogen-bond acceptors (Lipinski definition) is 12. The first-order chi connectivity index (χ1) is 19.3. The van der Waals surface area contributed by atoms with Gasteiger partial charge in [-0.25, -0.2) is 4.98 Å². The Balaban J connectivity index is 1.07. The van der Waals surface area contributed by atoms with Gasteiger partial charge < -0.3 is 36.2 Å². The molecule has 2 aromatic heterocycles. The van der Waals surface area contributed by atoms with Gasteiger partial charge in [0.15, 0.2) is 11.2 Å². The summed E-state index contributed by atoms with van der Waals surface area (Å²) in [6.07, 6.45) is 5.69. The molecule has 2 fully saturated rings. The molecule has 2 atom stereocenters. The zero-order valence-electron chi connectivity index (χ0n) is 22.3. The molecule has 0 saturated carbocycles. The number of piperazine rings is 1. The van der Waals surface area contributed by atoms with E-state index in [1.54, 1.807) is 10.6 Å². The summed E-state index contributed by atoms with van der Waals surface area (Å²) in [5, 5.41) is 9.35. The van der Waals surface area contributed by atoms with Crippen LogP contribution in [0.5, 0.6) is 0 Å². The Morgan fingerprint density at radius 3 is 2.73 bits per heavy atom. The lowest BCUT2D eigenvalue weighted by molar-refractivity contribution is -0.126. The van der Waals surface area contributed by atoms with Gasteiger partial charge in [-0.2, -0.15) is 4.98 Å². The molecule has 3 aromatic rings. The number of ether oxygens (including phenoxy) is 1. The lowest BCUT2D eigenvalue weighted by Crippen LogP contribution is -2.45. The molecule has 15 heteroatoms. The summed E-state index contributed by atoms with van der Waals surface area (Å²) >= 11 is 0. The van der Waals surface area contributed by atoms with Crippen molar-refractivity contribution in [1.82, 2.24) is 34.6 Å². The molecule has 2 unspecified atom stereocenters. The Kier molecular flexibility index (Phi) is 8.23. The number of imidazole rings is 1. The smallest absolute Gasteiger partial charge is 0.280 e. The van der Waals surface area contributed by atoms with Crippen LogP contribution in [0, 0.1) is 0 Å². The quantitative estimate of drug-likeness (QED) is 0.135. The molecule has 2 aliphatic heterocycles. The number of H-pyrrole nitrogens is 1. The summed E-state index contributed by atoms with van der Waals surface area (Å²) in [5.74, 6) is 0.0131. The molecule has 214 valence electrons. The van der Waals surface area contributed by atoms with Gasteiger partial charge in [0.05, 0.1) is 12.4 Å². The highest BCUT2D eigenvalue weighted by molar-refractivity contribution is 5.87. The van der Waals surface area contributed by atoms with Gasteiger partial charge in [-0.15, -0.1) is 0 Å². The van der Waals surface area contributed by atoms with Crippen LogP contribution in [-0.2, 0) is 9.53 Å². The van der Waals surface area contributed by atoms with Crippen LogP contribution in [0.15, 0.2) is 32.9 Å². The molecule has 5 rings (SSSR count). The molecule has 0 bridgehead atoms. The standard InChI is InChI=1S/C25H34N10O5/c1-33(9-2-3-16(36)34-11-6-27-7-12-34)10-8-28-18-19(22(38)21(18)37)29-13-15-4-5-17(40-15)35-14-30-20-23(35)31-25(26)32-24(20)39/h2-3,14-15,17,27-29H,4-13H2,1H3,(H3,26,31,32,39)/b3-2+. The fourth-order valence-electron chi connectivity index (χ4n) is 4.93. The molecule has 15 nitrogen and oxygen atoms in total. The van der Waals surface area contributed by atoms with Gasteiger partial charge in [-0.1, -0.05) is 6.08 Å². The maximum atomic E-state index is 12.2. The van der Waals surface area contributed by atoms with Crippen molar-refractivity contribution < 1.29 is 9.53 Å². The monoisotopic (exact) mass is 554 g/mol. The van der Waals surface area contributed by atoms with Crippen molar-refractivity contribution in [2.45, 2.75) is 25.2 Å². The van der Waals surface area contributed by atoms with Crippen molar-refractivity contribution in [1.29, 1.82) is 0 Å². The molecular formula is C25H34N10O5. The fourth-order valence-corrected chi connectivity index (χ4v) is 4.93. The number of aromatic amines is 1. The second kappa shape index (κ2) is 12.0. The van der Waals surface area contributed by atoms with Gasteiger partial charge in [-0.3, -0.25) is 28.7 Å². The number of rotatable bonds is 11. The SMILES string of the molecule is CN(C/C=C/C(=O)N1CCNCC1)CCNc1c(NCC2CCC(n3cnc4c(=O)[nH]c(N)nc43)O2)c(=O)c1=O. The number of likely N-dealkylation sites (N-methyl/N-ethyl adjacent to an activating group) is 1. The predicted octanol–water partition coefficient (Wildman–Crippen LogP) is -1.58. The third-order valence-corrected chi connectivity index (χ3v) is 7.16. The van der Waals surface area contributed by atoms with Crippen molar-refractivity contribution in [3.63, 3.8) is 0 Å². The Morgan fingerprint density at radius 2 is 1.95 bits per heavy atom. The Morgan fingerprint density at radius 1 is 1.20 bits per heavy atom. The highest BCUT2D eigenvalue weighted by Gasteiger charge is 2.30. The van der Waals surface area contributed by atoms with Gasteiger partial charge >= 0.3 is 0 Å². The molecule has 1 aromatic carbocycles. The maximum Gasteiger partial charge on any atom is 0.280 e. The predicted molar refractivity (Wildman–Crippen MR) is 150 cm³/mol. The summed E-state index contributed by atoms with van der Waals surface area (Å²) in [7, 11) is 1.92. The summed E-state index contributed by atoms with van der Waals surface area (Å²) in [4.78, 5) is 63.2. The Labute approximate surface area is 229 Å². The second-order valence-corrected chi connectivity index (χ2v) is 10.0. The molecule has 0 aliphatic carbocycles.